The lowest BCUT2D eigenvalue weighted by Gasteiger charge is -2.19. The molecule has 0 saturated heterocycles. The van der Waals surface area contributed by atoms with Gasteiger partial charge in [-0.15, -0.1) is 0 Å². The first kappa shape index (κ1) is 17.1. The van der Waals surface area contributed by atoms with E-state index in [-0.39, 0.29) is 5.91 Å². The zero-order valence-corrected chi connectivity index (χ0v) is 14.6. The van der Waals surface area contributed by atoms with Gasteiger partial charge in [0.2, 0.25) is 0 Å². The van der Waals surface area contributed by atoms with Gasteiger partial charge < -0.3 is 10.1 Å². The lowest BCUT2D eigenvalue weighted by molar-refractivity contribution is -0.122. The molecule has 1 N–H and O–H groups in total. The smallest absolute Gasteiger partial charge is 0.265 e. The minimum atomic E-state index is -0.503. The minimum Gasteiger partial charge on any atom is -0.481 e. The molecule has 2 rings (SSSR count). The summed E-state index contributed by atoms with van der Waals surface area (Å²) in [5.41, 5.74) is 5.33. The van der Waals surface area contributed by atoms with E-state index in [0.717, 1.165) is 28.1 Å². The number of carbonyl (C=O) groups excluding carboxylic acids is 1. The number of rotatable bonds is 5. The SMILES string of the molecule is CCC(Oc1cc(C)cc(C)c1)C(=O)Nc1ccc(C)cc1C. The molecule has 0 fully saturated rings. The Balaban J connectivity index is 2.12. The standard InChI is InChI=1S/C20H25NO2/c1-6-19(23-17-11-14(3)9-15(4)12-17)20(22)21-18-8-7-13(2)10-16(18)5/h7-12,19H,6H2,1-5H3,(H,21,22). The highest BCUT2D eigenvalue weighted by Crippen LogP contribution is 2.20. The Kier molecular flexibility index (Phi) is 5.43. The molecular formula is C20H25NO2. The van der Waals surface area contributed by atoms with Gasteiger partial charge in [0.1, 0.15) is 5.75 Å². The van der Waals surface area contributed by atoms with E-state index in [1.165, 1.54) is 5.56 Å². The highest BCUT2D eigenvalue weighted by Gasteiger charge is 2.19. The first-order valence-corrected chi connectivity index (χ1v) is 8.02. The lowest BCUT2D eigenvalue weighted by atomic mass is 10.1. The van der Waals surface area contributed by atoms with Crippen molar-refractivity contribution in [1.82, 2.24) is 0 Å². The highest BCUT2D eigenvalue weighted by atomic mass is 16.5. The fourth-order valence-electron chi connectivity index (χ4n) is 2.65. The Hall–Kier alpha value is -2.29. The van der Waals surface area contributed by atoms with E-state index < -0.39 is 6.10 Å². The summed E-state index contributed by atoms with van der Waals surface area (Å²) in [6.07, 6.45) is 0.112. The summed E-state index contributed by atoms with van der Waals surface area (Å²) in [6.45, 7) is 10.0. The molecule has 0 radical (unpaired) electrons. The van der Waals surface area contributed by atoms with Crippen LogP contribution in [-0.4, -0.2) is 12.0 Å². The van der Waals surface area contributed by atoms with Gasteiger partial charge in [0.05, 0.1) is 0 Å². The van der Waals surface area contributed by atoms with Crippen molar-refractivity contribution >= 4 is 11.6 Å². The van der Waals surface area contributed by atoms with Gasteiger partial charge in [0, 0.05) is 5.69 Å². The molecule has 2 aromatic rings. The monoisotopic (exact) mass is 311 g/mol. The highest BCUT2D eigenvalue weighted by molar-refractivity contribution is 5.95. The van der Waals surface area contributed by atoms with Crippen molar-refractivity contribution in [3.05, 3.63) is 58.7 Å². The van der Waals surface area contributed by atoms with Crippen molar-refractivity contribution in [3.63, 3.8) is 0 Å². The number of hydrogen-bond acceptors (Lipinski definition) is 2. The molecule has 3 nitrogen and oxygen atoms in total. The van der Waals surface area contributed by atoms with E-state index in [1.807, 2.05) is 58.9 Å². The van der Waals surface area contributed by atoms with Gasteiger partial charge in [-0.25, -0.2) is 0 Å². The fourth-order valence-corrected chi connectivity index (χ4v) is 2.65. The second kappa shape index (κ2) is 7.32. The number of nitrogens with one attached hydrogen (secondary N) is 1. The number of carbonyl (C=O) groups is 1. The summed E-state index contributed by atoms with van der Waals surface area (Å²) >= 11 is 0. The van der Waals surface area contributed by atoms with Crippen LogP contribution in [-0.2, 0) is 4.79 Å². The lowest BCUT2D eigenvalue weighted by Crippen LogP contribution is -2.32. The third-order valence-electron chi connectivity index (χ3n) is 3.78. The third kappa shape index (κ3) is 4.59. The van der Waals surface area contributed by atoms with Crippen LogP contribution in [0, 0.1) is 27.7 Å². The topological polar surface area (TPSA) is 38.3 Å². The Morgan fingerprint density at radius 3 is 2.22 bits per heavy atom. The Labute approximate surface area is 138 Å². The van der Waals surface area contributed by atoms with Crippen LogP contribution in [0.4, 0.5) is 5.69 Å². The number of aryl methyl sites for hydroxylation is 4. The fraction of sp³-hybridized carbons (Fsp3) is 0.350. The maximum Gasteiger partial charge on any atom is 0.265 e. The molecule has 1 unspecified atom stereocenters. The maximum absolute atomic E-state index is 12.5. The molecule has 122 valence electrons. The molecule has 3 heteroatoms. The molecule has 23 heavy (non-hydrogen) atoms. The van der Waals surface area contributed by atoms with E-state index >= 15 is 0 Å². The van der Waals surface area contributed by atoms with Crippen LogP contribution in [0.3, 0.4) is 0 Å². The Bertz CT molecular complexity index is 687. The van der Waals surface area contributed by atoms with Crippen LogP contribution < -0.4 is 10.1 Å². The van der Waals surface area contributed by atoms with E-state index in [0.29, 0.717) is 6.42 Å². The first-order valence-electron chi connectivity index (χ1n) is 8.02. The average molecular weight is 311 g/mol. The largest absolute Gasteiger partial charge is 0.481 e. The van der Waals surface area contributed by atoms with Gasteiger partial charge in [-0.3, -0.25) is 4.79 Å². The molecule has 1 amide bonds. The van der Waals surface area contributed by atoms with Gasteiger partial charge in [-0.2, -0.15) is 0 Å². The van der Waals surface area contributed by atoms with Crippen molar-refractivity contribution in [2.45, 2.75) is 47.1 Å². The van der Waals surface area contributed by atoms with Gasteiger partial charge in [0.15, 0.2) is 6.10 Å². The van der Waals surface area contributed by atoms with E-state index in [1.54, 1.807) is 0 Å². The molecule has 1 atom stereocenters. The van der Waals surface area contributed by atoms with Gasteiger partial charge >= 0.3 is 0 Å². The third-order valence-corrected chi connectivity index (χ3v) is 3.78. The van der Waals surface area contributed by atoms with E-state index in [4.69, 9.17) is 4.74 Å². The van der Waals surface area contributed by atoms with Crippen LogP contribution in [0.1, 0.15) is 35.6 Å². The summed E-state index contributed by atoms with van der Waals surface area (Å²) in [5.74, 6) is 0.628. The molecule has 0 aromatic heterocycles. The molecule has 0 aliphatic carbocycles. The van der Waals surface area contributed by atoms with Crippen molar-refractivity contribution in [2.24, 2.45) is 0 Å². The molecule has 0 aliphatic rings. The van der Waals surface area contributed by atoms with Crippen molar-refractivity contribution < 1.29 is 9.53 Å². The zero-order chi connectivity index (χ0) is 17.0. The molecule has 0 spiro atoms. The summed E-state index contributed by atoms with van der Waals surface area (Å²) < 4.78 is 5.91. The summed E-state index contributed by atoms with van der Waals surface area (Å²) in [5, 5.41) is 2.97. The second-order valence-electron chi connectivity index (χ2n) is 6.15. The van der Waals surface area contributed by atoms with Crippen molar-refractivity contribution in [1.29, 1.82) is 0 Å². The van der Waals surface area contributed by atoms with Crippen LogP contribution in [0.2, 0.25) is 0 Å². The average Bonchev–Trinajstić information content (AvgIpc) is 2.46. The number of amides is 1. The summed E-state index contributed by atoms with van der Waals surface area (Å²) in [4.78, 5) is 12.5. The zero-order valence-electron chi connectivity index (χ0n) is 14.6. The van der Waals surface area contributed by atoms with Gasteiger partial charge in [-0.1, -0.05) is 30.7 Å². The summed E-state index contributed by atoms with van der Waals surface area (Å²) in [6, 6.07) is 12.0. The maximum atomic E-state index is 12.5. The summed E-state index contributed by atoms with van der Waals surface area (Å²) in [7, 11) is 0. The number of anilines is 1. The van der Waals surface area contributed by atoms with E-state index in [9.17, 15) is 4.79 Å². The second-order valence-corrected chi connectivity index (χ2v) is 6.15. The molecule has 2 aromatic carbocycles. The van der Waals surface area contributed by atoms with E-state index in [2.05, 4.69) is 17.4 Å². The van der Waals surface area contributed by atoms with Gasteiger partial charge in [-0.05, 0) is 69.0 Å². The minimum absolute atomic E-state index is 0.112. The molecular weight excluding hydrogens is 286 g/mol. The van der Waals surface area contributed by atoms with Crippen LogP contribution in [0.5, 0.6) is 5.75 Å². The quantitative estimate of drug-likeness (QED) is 0.868. The predicted molar refractivity (Wildman–Crippen MR) is 95.2 cm³/mol. The predicted octanol–water partition coefficient (Wildman–Crippen LogP) is 4.72. The number of hydrogen-bond donors (Lipinski definition) is 1. The van der Waals surface area contributed by atoms with Crippen LogP contribution >= 0.6 is 0 Å². The van der Waals surface area contributed by atoms with Crippen molar-refractivity contribution in [2.75, 3.05) is 5.32 Å². The Morgan fingerprint density at radius 2 is 1.65 bits per heavy atom. The molecule has 0 heterocycles. The Morgan fingerprint density at radius 1 is 1.00 bits per heavy atom. The number of ether oxygens (including phenoxy) is 1. The van der Waals surface area contributed by atoms with Crippen molar-refractivity contribution in [3.8, 4) is 5.75 Å². The molecule has 0 aliphatic heterocycles. The normalized spacial score (nSPS) is 11.9. The van der Waals surface area contributed by atoms with Gasteiger partial charge in [0.25, 0.3) is 5.91 Å². The first-order chi connectivity index (χ1) is 10.9. The number of benzene rings is 2. The molecule has 0 saturated carbocycles. The molecule has 0 bridgehead atoms. The van der Waals surface area contributed by atoms with Crippen LogP contribution in [0.15, 0.2) is 36.4 Å². The van der Waals surface area contributed by atoms with Crippen LogP contribution in [0.25, 0.3) is 0 Å².